The van der Waals surface area contributed by atoms with Crippen LogP contribution in [0.1, 0.15) is 23.6 Å². The molecular weight excluding hydrogens is 292 g/mol. The van der Waals surface area contributed by atoms with E-state index in [1.165, 1.54) is 11.1 Å². The predicted octanol–water partition coefficient (Wildman–Crippen LogP) is 4.19. The second kappa shape index (κ2) is 7.80. The van der Waals surface area contributed by atoms with E-state index in [-0.39, 0.29) is 0 Å². The van der Waals surface area contributed by atoms with Crippen molar-refractivity contribution in [3.8, 4) is 5.75 Å². The highest BCUT2D eigenvalue weighted by atomic mass is 32.1. The van der Waals surface area contributed by atoms with Crippen LogP contribution in [-0.4, -0.2) is 11.7 Å². The lowest BCUT2D eigenvalue weighted by Gasteiger charge is -2.13. The van der Waals surface area contributed by atoms with Gasteiger partial charge in [0.2, 0.25) is 0 Å². The van der Waals surface area contributed by atoms with Crippen molar-refractivity contribution in [3.63, 3.8) is 0 Å². The van der Waals surface area contributed by atoms with Crippen LogP contribution in [0.2, 0.25) is 0 Å². The maximum Gasteiger partial charge on any atom is 0.171 e. The molecule has 2 rings (SSSR count). The Bertz CT molecular complexity index is 655. The van der Waals surface area contributed by atoms with Crippen LogP contribution in [0.4, 0.5) is 5.69 Å². The first-order valence-corrected chi connectivity index (χ1v) is 7.83. The summed E-state index contributed by atoms with van der Waals surface area (Å²) in [5.41, 5.74) is 4.60. The summed E-state index contributed by atoms with van der Waals surface area (Å²) in [6.45, 7) is 7.47. The molecule has 0 spiro atoms. The van der Waals surface area contributed by atoms with Gasteiger partial charge in [-0.25, -0.2) is 0 Å². The van der Waals surface area contributed by atoms with Gasteiger partial charge in [0.15, 0.2) is 5.11 Å². The van der Waals surface area contributed by atoms with Crippen LogP contribution in [0, 0.1) is 13.8 Å². The molecule has 4 heteroatoms. The van der Waals surface area contributed by atoms with Crippen LogP contribution in [-0.2, 0) is 6.54 Å². The summed E-state index contributed by atoms with van der Waals surface area (Å²) in [5.74, 6) is 0.884. The number of hydrogen-bond donors (Lipinski definition) is 2. The third kappa shape index (κ3) is 4.74. The molecule has 116 valence electrons. The van der Waals surface area contributed by atoms with E-state index in [0.29, 0.717) is 18.3 Å². The van der Waals surface area contributed by atoms with Gasteiger partial charge >= 0.3 is 0 Å². The third-order valence-electron chi connectivity index (χ3n) is 3.29. The first kappa shape index (κ1) is 16.3. The second-order valence-corrected chi connectivity index (χ2v) is 5.61. The predicted molar refractivity (Wildman–Crippen MR) is 96.6 cm³/mol. The van der Waals surface area contributed by atoms with Crippen LogP contribution in [0.25, 0.3) is 0 Å². The molecule has 0 bridgehead atoms. The summed E-state index contributed by atoms with van der Waals surface area (Å²) in [7, 11) is 0. The molecule has 0 saturated heterocycles. The van der Waals surface area contributed by atoms with Gasteiger partial charge in [-0.1, -0.05) is 29.8 Å². The Morgan fingerprint density at radius 3 is 2.68 bits per heavy atom. The Morgan fingerprint density at radius 2 is 1.95 bits per heavy atom. The number of aryl methyl sites for hydroxylation is 2. The van der Waals surface area contributed by atoms with E-state index in [1.54, 1.807) is 0 Å². The fourth-order valence-corrected chi connectivity index (χ4v) is 2.40. The minimum Gasteiger partial charge on any atom is -0.494 e. The third-order valence-corrected chi connectivity index (χ3v) is 3.54. The van der Waals surface area contributed by atoms with Crippen LogP contribution >= 0.6 is 12.2 Å². The van der Waals surface area contributed by atoms with Crippen molar-refractivity contribution in [2.75, 3.05) is 11.9 Å². The molecule has 0 unspecified atom stereocenters. The lowest BCUT2D eigenvalue weighted by molar-refractivity contribution is 0.340. The zero-order chi connectivity index (χ0) is 15.9. The van der Waals surface area contributed by atoms with Gasteiger partial charge in [-0.3, -0.25) is 0 Å². The van der Waals surface area contributed by atoms with Crippen LogP contribution in [0.5, 0.6) is 5.75 Å². The van der Waals surface area contributed by atoms with E-state index in [4.69, 9.17) is 17.0 Å². The molecule has 0 aromatic heterocycles. The molecule has 0 atom stereocenters. The number of thiocarbonyl (C=S) groups is 1. The van der Waals surface area contributed by atoms with Crippen LogP contribution in [0.3, 0.4) is 0 Å². The molecule has 2 aromatic carbocycles. The van der Waals surface area contributed by atoms with E-state index in [1.807, 2.05) is 31.2 Å². The zero-order valence-electron chi connectivity index (χ0n) is 13.3. The molecule has 0 fully saturated rings. The number of benzene rings is 2. The van der Waals surface area contributed by atoms with Gasteiger partial charge in [-0.2, -0.15) is 0 Å². The molecule has 22 heavy (non-hydrogen) atoms. The SMILES string of the molecule is CCOc1cccc(CNC(=S)Nc2ccc(C)cc2C)c1. The average Bonchev–Trinajstić information content (AvgIpc) is 2.49. The topological polar surface area (TPSA) is 33.3 Å². The van der Waals surface area contributed by atoms with E-state index in [2.05, 4.69) is 42.7 Å². The van der Waals surface area contributed by atoms with E-state index in [0.717, 1.165) is 17.0 Å². The fraction of sp³-hybridized carbons (Fsp3) is 0.278. The maximum atomic E-state index is 5.50. The van der Waals surface area contributed by atoms with Crippen molar-refractivity contribution in [1.82, 2.24) is 5.32 Å². The lowest BCUT2D eigenvalue weighted by atomic mass is 10.1. The zero-order valence-corrected chi connectivity index (χ0v) is 14.1. The Balaban J connectivity index is 1.91. The van der Waals surface area contributed by atoms with Gasteiger partial charge in [0, 0.05) is 12.2 Å². The van der Waals surface area contributed by atoms with E-state index < -0.39 is 0 Å². The van der Waals surface area contributed by atoms with Crippen molar-refractivity contribution >= 4 is 23.0 Å². The van der Waals surface area contributed by atoms with E-state index in [9.17, 15) is 0 Å². The molecule has 3 nitrogen and oxygen atoms in total. The summed E-state index contributed by atoms with van der Waals surface area (Å²) in [4.78, 5) is 0. The summed E-state index contributed by atoms with van der Waals surface area (Å²) in [6, 6.07) is 14.3. The summed E-state index contributed by atoms with van der Waals surface area (Å²) < 4.78 is 5.50. The fourth-order valence-electron chi connectivity index (χ4n) is 2.21. The molecular formula is C18H22N2OS. The van der Waals surface area contributed by atoms with E-state index >= 15 is 0 Å². The molecule has 0 aliphatic heterocycles. The van der Waals surface area contributed by atoms with Crippen molar-refractivity contribution < 1.29 is 4.74 Å². The number of rotatable bonds is 5. The molecule has 0 amide bonds. The number of hydrogen-bond acceptors (Lipinski definition) is 2. The molecule has 0 heterocycles. The standard InChI is InChI=1S/C18H22N2OS/c1-4-21-16-7-5-6-15(11-16)12-19-18(22)20-17-9-8-13(2)10-14(17)3/h5-11H,4,12H2,1-3H3,(H2,19,20,22). The van der Waals surface area contributed by atoms with Crippen molar-refractivity contribution in [3.05, 3.63) is 59.2 Å². The number of anilines is 1. The molecule has 2 N–H and O–H groups in total. The maximum absolute atomic E-state index is 5.50. The average molecular weight is 314 g/mol. The number of nitrogens with one attached hydrogen (secondary N) is 2. The van der Waals surface area contributed by atoms with Crippen LogP contribution in [0.15, 0.2) is 42.5 Å². The van der Waals surface area contributed by atoms with Gasteiger partial charge in [0.1, 0.15) is 5.75 Å². The Morgan fingerprint density at radius 1 is 1.14 bits per heavy atom. The molecule has 0 aliphatic carbocycles. The Kier molecular flexibility index (Phi) is 5.78. The largest absolute Gasteiger partial charge is 0.494 e. The van der Waals surface area contributed by atoms with Crippen molar-refractivity contribution in [2.45, 2.75) is 27.3 Å². The summed E-state index contributed by atoms with van der Waals surface area (Å²) >= 11 is 5.36. The highest BCUT2D eigenvalue weighted by molar-refractivity contribution is 7.80. The van der Waals surface area contributed by atoms with Gasteiger partial charge < -0.3 is 15.4 Å². The van der Waals surface area contributed by atoms with Crippen molar-refractivity contribution in [2.24, 2.45) is 0 Å². The normalized spacial score (nSPS) is 10.1. The monoisotopic (exact) mass is 314 g/mol. The van der Waals surface area contributed by atoms with Gasteiger partial charge in [-0.15, -0.1) is 0 Å². The summed E-state index contributed by atoms with van der Waals surface area (Å²) in [6.07, 6.45) is 0. The first-order chi connectivity index (χ1) is 10.6. The van der Waals surface area contributed by atoms with Crippen LogP contribution < -0.4 is 15.4 Å². The van der Waals surface area contributed by atoms with Gasteiger partial charge in [0.25, 0.3) is 0 Å². The number of ether oxygens (including phenoxy) is 1. The first-order valence-electron chi connectivity index (χ1n) is 7.42. The quantitative estimate of drug-likeness (QED) is 0.811. The second-order valence-electron chi connectivity index (χ2n) is 5.21. The van der Waals surface area contributed by atoms with Crippen molar-refractivity contribution in [1.29, 1.82) is 0 Å². The minimum absolute atomic E-state index is 0.619. The molecule has 0 aliphatic rings. The Labute approximate surface area is 137 Å². The smallest absolute Gasteiger partial charge is 0.171 e. The minimum atomic E-state index is 0.619. The molecule has 0 radical (unpaired) electrons. The highest BCUT2D eigenvalue weighted by Crippen LogP contribution is 2.16. The Hall–Kier alpha value is -2.07. The molecule has 2 aromatic rings. The van der Waals surface area contributed by atoms with Gasteiger partial charge in [-0.05, 0) is 62.3 Å². The highest BCUT2D eigenvalue weighted by Gasteiger charge is 2.02. The summed E-state index contributed by atoms with van der Waals surface area (Å²) in [5, 5.41) is 7.08. The lowest BCUT2D eigenvalue weighted by Crippen LogP contribution is -2.28. The van der Waals surface area contributed by atoms with Gasteiger partial charge in [0.05, 0.1) is 6.61 Å². The molecule has 0 saturated carbocycles.